The van der Waals surface area contributed by atoms with Crippen molar-refractivity contribution in [2.45, 2.75) is 32.4 Å². The van der Waals surface area contributed by atoms with Crippen molar-refractivity contribution < 1.29 is 4.43 Å². The molecular formula is C11H17BrN4OSi. The minimum Gasteiger partial charge on any atom is -0.419 e. The summed E-state index contributed by atoms with van der Waals surface area (Å²) in [5, 5.41) is 4.45. The van der Waals surface area contributed by atoms with Crippen LogP contribution in [0.25, 0.3) is 5.52 Å². The Labute approximate surface area is 117 Å². The predicted molar refractivity (Wildman–Crippen MR) is 78.1 cm³/mol. The molecule has 0 saturated carbocycles. The fraction of sp³-hybridized carbons (Fsp3) is 0.455. The summed E-state index contributed by atoms with van der Waals surface area (Å²) in [6, 6.07) is 1.97. The van der Waals surface area contributed by atoms with Gasteiger partial charge in [0.2, 0.25) is 0 Å². The SMILES string of the molecule is CC(C)(C)[SiH2]OCc1cc2c(N)ncnn2c1Br. The first-order chi connectivity index (χ1) is 8.38. The maximum Gasteiger partial charge on any atom is 0.167 e. The third kappa shape index (κ3) is 2.90. The van der Waals surface area contributed by atoms with Crippen molar-refractivity contribution in [2.75, 3.05) is 5.73 Å². The second-order valence-electron chi connectivity index (χ2n) is 5.46. The Balaban J connectivity index is 2.19. The molecule has 0 spiro atoms. The first-order valence-electron chi connectivity index (χ1n) is 5.73. The van der Waals surface area contributed by atoms with E-state index in [1.54, 1.807) is 4.52 Å². The van der Waals surface area contributed by atoms with Crippen molar-refractivity contribution in [2.24, 2.45) is 0 Å². The molecule has 5 nitrogen and oxygen atoms in total. The molecule has 2 rings (SSSR count). The van der Waals surface area contributed by atoms with Gasteiger partial charge in [-0.15, -0.1) is 0 Å². The maximum atomic E-state index is 5.84. The zero-order valence-electron chi connectivity index (χ0n) is 10.8. The third-order valence-corrected chi connectivity index (χ3v) is 4.53. The average Bonchev–Trinajstić information content (AvgIpc) is 2.57. The lowest BCUT2D eigenvalue weighted by atomic mass is 10.3. The topological polar surface area (TPSA) is 65.4 Å². The predicted octanol–water partition coefficient (Wildman–Crippen LogP) is 1.89. The molecule has 0 aliphatic rings. The van der Waals surface area contributed by atoms with E-state index in [0.29, 0.717) is 17.5 Å². The summed E-state index contributed by atoms with van der Waals surface area (Å²) in [7, 11) is -0.553. The van der Waals surface area contributed by atoms with E-state index in [9.17, 15) is 0 Å². The molecule has 0 aliphatic heterocycles. The van der Waals surface area contributed by atoms with E-state index in [0.717, 1.165) is 15.7 Å². The highest BCUT2D eigenvalue weighted by molar-refractivity contribution is 9.10. The molecule has 0 atom stereocenters. The Morgan fingerprint density at radius 2 is 2.22 bits per heavy atom. The maximum absolute atomic E-state index is 5.84. The number of fused-ring (bicyclic) bond motifs is 1. The molecule has 0 amide bonds. The smallest absolute Gasteiger partial charge is 0.167 e. The van der Waals surface area contributed by atoms with Crippen LogP contribution in [0.5, 0.6) is 0 Å². The largest absolute Gasteiger partial charge is 0.419 e. The average molecular weight is 329 g/mol. The lowest BCUT2D eigenvalue weighted by Crippen LogP contribution is -2.12. The molecular weight excluding hydrogens is 312 g/mol. The number of hydrogen-bond donors (Lipinski definition) is 1. The number of nitrogen functional groups attached to an aromatic ring is 1. The molecule has 0 unspecified atom stereocenters. The molecule has 0 radical (unpaired) electrons. The zero-order valence-corrected chi connectivity index (χ0v) is 13.8. The van der Waals surface area contributed by atoms with Gasteiger partial charge in [-0.3, -0.25) is 0 Å². The van der Waals surface area contributed by atoms with Crippen LogP contribution in [0.15, 0.2) is 17.0 Å². The number of nitrogens with zero attached hydrogens (tertiary/aromatic N) is 3. The molecule has 2 heterocycles. The van der Waals surface area contributed by atoms with Crippen molar-refractivity contribution in [3.05, 3.63) is 22.6 Å². The summed E-state index contributed by atoms with van der Waals surface area (Å²) in [6.45, 7) is 7.20. The summed E-state index contributed by atoms with van der Waals surface area (Å²) in [4.78, 5) is 3.97. The fourth-order valence-corrected chi connectivity index (χ4v) is 3.04. The van der Waals surface area contributed by atoms with E-state index in [4.69, 9.17) is 10.2 Å². The molecule has 18 heavy (non-hydrogen) atoms. The van der Waals surface area contributed by atoms with Gasteiger partial charge in [0, 0.05) is 5.56 Å². The lowest BCUT2D eigenvalue weighted by molar-refractivity contribution is 0.308. The molecule has 7 heteroatoms. The van der Waals surface area contributed by atoms with E-state index < -0.39 is 9.76 Å². The number of hydrogen-bond acceptors (Lipinski definition) is 4. The summed E-state index contributed by atoms with van der Waals surface area (Å²) in [5.74, 6) is 0.477. The molecule has 0 aliphatic carbocycles. The second kappa shape index (κ2) is 4.98. The summed E-state index contributed by atoms with van der Waals surface area (Å²) < 4.78 is 8.46. The van der Waals surface area contributed by atoms with Crippen LogP contribution in [0.2, 0.25) is 5.04 Å². The van der Waals surface area contributed by atoms with E-state index in [-0.39, 0.29) is 0 Å². The van der Waals surface area contributed by atoms with Crippen LogP contribution in [-0.4, -0.2) is 24.4 Å². The first-order valence-corrected chi connectivity index (χ1v) is 7.80. The highest BCUT2D eigenvalue weighted by atomic mass is 79.9. The van der Waals surface area contributed by atoms with Crippen molar-refractivity contribution in [3.63, 3.8) is 0 Å². The zero-order chi connectivity index (χ0) is 13.3. The number of anilines is 1. The first kappa shape index (κ1) is 13.5. The standard InChI is InChI=1S/C11H17BrN4OSi/c1-11(2,3)18-17-5-7-4-8-10(13)14-6-15-16(8)9(7)12/h4,6H,5,18H2,1-3H3,(H2,13,14,15). The Morgan fingerprint density at radius 1 is 1.50 bits per heavy atom. The lowest BCUT2D eigenvalue weighted by Gasteiger charge is -2.16. The van der Waals surface area contributed by atoms with Crippen LogP contribution in [-0.2, 0) is 11.0 Å². The Bertz CT molecular complexity index is 564. The van der Waals surface area contributed by atoms with Gasteiger partial charge in [-0.25, -0.2) is 9.50 Å². The summed E-state index contributed by atoms with van der Waals surface area (Å²) in [6.07, 6.45) is 1.45. The van der Waals surface area contributed by atoms with E-state index in [2.05, 4.69) is 46.8 Å². The number of aromatic nitrogens is 3. The van der Waals surface area contributed by atoms with Crippen LogP contribution in [0.4, 0.5) is 5.82 Å². The van der Waals surface area contributed by atoms with Crippen molar-refractivity contribution >= 4 is 37.0 Å². The molecule has 2 N–H and O–H groups in total. The Morgan fingerprint density at radius 3 is 2.83 bits per heavy atom. The fourth-order valence-electron chi connectivity index (χ4n) is 1.60. The minimum atomic E-state index is -0.553. The van der Waals surface area contributed by atoms with E-state index >= 15 is 0 Å². The van der Waals surface area contributed by atoms with Gasteiger partial charge in [0.15, 0.2) is 15.6 Å². The number of rotatable bonds is 3. The summed E-state index contributed by atoms with van der Waals surface area (Å²) in [5.41, 5.74) is 7.67. The molecule has 0 saturated heterocycles. The minimum absolute atomic E-state index is 0.296. The second-order valence-corrected chi connectivity index (χ2v) is 9.03. The molecule has 0 bridgehead atoms. The Hall–Kier alpha value is -0.923. The van der Waals surface area contributed by atoms with Gasteiger partial charge in [0.05, 0.1) is 6.61 Å². The van der Waals surface area contributed by atoms with Gasteiger partial charge in [-0.05, 0) is 27.0 Å². The van der Waals surface area contributed by atoms with E-state index in [1.807, 2.05) is 6.07 Å². The number of halogens is 1. The molecule has 2 aromatic rings. The van der Waals surface area contributed by atoms with Crippen LogP contribution in [0.1, 0.15) is 26.3 Å². The normalized spacial score (nSPS) is 12.9. The highest BCUT2D eigenvalue weighted by Crippen LogP contribution is 2.26. The van der Waals surface area contributed by atoms with Gasteiger partial charge in [-0.2, -0.15) is 5.10 Å². The monoisotopic (exact) mass is 328 g/mol. The van der Waals surface area contributed by atoms with Crippen LogP contribution < -0.4 is 5.73 Å². The quantitative estimate of drug-likeness (QED) is 0.874. The molecule has 2 aromatic heterocycles. The molecule has 0 fully saturated rings. The van der Waals surface area contributed by atoms with Gasteiger partial charge in [-0.1, -0.05) is 20.8 Å². The van der Waals surface area contributed by atoms with Crippen LogP contribution in [0.3, 0.4) is 0 Å². The van der Waals surface area contributed by atoms with Crippen molar-refractivity contribution in [1.29, 1.82) is 0 Å². The van der Waals surface area contributed by atoms with Crippen LogP contribution >= 0.6 is 15.9 Å². The summed E-state index contributed by atoms with van der Waals surface area (Å²) >= 11 is 3.52. The third-order valence-electron chi connectivity index (χ3n) is 2.41. The van der Waals surface area contributed by atoms with Gasteiger partial charge < -0.3 is 10.2 Å². The van der Waals surface area contributed by atoms with Crippen LogP contribution in [0, 0.1) is 0 Å². The van der Waals surface area contributed by atoms with Gasteiger partial charge in [0.1, 0.15) is 16.4 Å². The van der Waals surface area contributed by atoms with Gasteiger partial charge >= 0.3 is 0 Å². The number of nitrogens with two attached hydrogens (primary N) is 1. The van der Waals surface area contributed by atoms with Crippen molar-refractivity contribution in [3.8, 4) is 0 Å². The van der Waals surface area contributed by atoms with Gasteiger partial charge in [0.25, 0.3) is 0 Å². The Kier molecular flexibility index (Phi) is 3.74. The molecule has 98 valence electrons. The highest BCUT2D eigenvalue weighted by Gasteiger charge is 2.14. The van der Waals surface area contributed by atoms with E-state index in [1.165, 1.54) is 6.33 Å². The molecule has 0 aromatic carbocycles. The van der Waals surface area contributed by atoms with Crippen molar-refractivity contribution in [1.82, 2.24) is 14.6 Å².